The van der Waals surface area contributed by atoms with E-state index in [1.807, 2.05) is 0 Å². The fourth-order valence-corrected chi connectivity index (χ4v) is 2.66. The van der Waals surface area contributed by atoms with E-state index >= 15 is 0 Å². The number of halogens is 2. The highest BCUT2D eigenvalue weighted by molar-refractivity contribution is 9.10. The highest BCUT2D eigenvalue weighted by Gasteiger charge is 2.38. The van der Waals surface area contributed by atoms with Crippen LogP contribution < -0.4 is 0 Å². The van der Waals surface area contributed by atoms with Gasteiger partial charge in [0.2, 0.25) is 0 Å². The summed E-state index contributed by atoms with van der Waals surface area (Å²) in [5.41, 5.74) is -0.426. The van der Waals surface area contributed by atoms with Crippen molar-refractivity contribution >= 4 is 21.7 Å². The number of carbonyl (C=O) groups is 1. The second-order valence-corrected chi connectivity index (χ2v) is 5.44. The molecular formula is C13H14BrFO2. The minimum atomic E-state index is -1.15. The van der Waals surface area contributed by atoms with Crippen LogP contribution in [0, 0.1) is 5.82 Å². The van der Waals surface area contributed by atoms with Crippen molar-refractivity contribution in [3.8, 4) is 0 Å². The maximum absolute atomic E-state index is 13.0. The summed E-state index contributed by atoms with van der Waals surface area (Å²) in [5, 5.41) is 10.1. The van der Waals surface area contributed by atoms with Gasteiger partial charge in [-0.2, -0.15) is 0 Å². The second-order valence-electron chi connectivity index (χ2n) is 4.59. The lowest BCUT2D eigenvalue weighted by molar-refractivity contribution is -0.136. The molecule has 2 nitrogen and oxygen atoms in total. The molecular weight excluding hydrogens is 287 g/mol. The minimum Gasteiger partial charge on any atom is -0.382 e. The molecule has 0 atom stereocenters. The minimum absolute atomic E-state index is 0.159. The van der Waals surface area contributed by atoms with Gasteiger partial charge in [0.05, 0.1) is 4.47 Å². The summed E-state index contributed by atoms with van der Waals surface area (Å²) in [6.07, 6.45) is 3.06. The molecule has 0 aromatic heterocycles. The van der Waals surface area contributed by atoms with Crippen LogP contribution in [0.25, 0.3) is 0 Å². The van der Waals surface area contributed by atoms with Gasteiger partial charge in [-0.3, -0.25) is 4.79 Å². The van der Waals surface area contributed by atoms with Crippen LogP contribution in [0.3, 0.4) is 0 Å². The van der Waals surface area contributed by atoms with E-state index in [0.717, 1.165) is 18.4 Å². The first-order chi connectivity index (χ1) is 8.01. The maximum Gasteiger partial charge on any atom is 0.168 e. The molecule has 1 N–H and O–H groups in total. The van der Waals surface area contributed by atoms with E-state index in [0.29, 0.717) is 17.3 Å². The number of aliphatic hydroxyl groups is 1. The van der Waals surface area contributed by atoms with Gasteiger partial charge in [0.15, 0.2) is 5.78 Å². The van der Waals surface area contributed by atoms with Gasteiger partial charge in [-0.05, 0) is 59.3 Å². The smallest absolute Gasteiger partial charge is 0.168 e. The number of benzene rings is 1. The Kier molecular flexibility index (Phi) is 3.64. The molecule has 1 aliphatic carbocycles. The molecule has 0 amide bonds. The van der Waals surface area contributed by atoms with Crippen molar-refractivity contribution in [2.24, 2.45) is 0 Å². The Morgan fingerprint density at radius 1 is 1.41 bits per heavy atom. The molecule has 1 aromatic rings. The molecule has 0 saturated heterocycles. The Hall–Kier alpha value is -0.740. The van der Waals surface area contributed by atoms with Crippen molar-refractivity contribution in [2.75, 3.05) is 0 Å². The molecule has 0 radical (unpaired) electrons. The lowest BCUT2D eigenvalue weighted by Gasteiger charge is -2.20. The standard InChI is InChI=1S/C13H14BrFO2/c14-10-7-9(3-4-11(10)15)8-12(16)13(17)5-1-2-6-13/h3-4,7,17H,1-2,5-6,8H2. The van der Waals surface area contributed by atoms with E-state index in [-0.39, 0.29) is 18.0 Å². The molecule has 1 aliphatic rings. The van der Waals surface area contributed by atoms with Gasteiger partial charge in [-0.1, -0.05) is 6.07 Å². The second kappa shape index (κ2) is 4.86. The molecule has 4 heteroatoms. The Balaban J connectivity index is 2.10. The van der Waals surface area contributed by atoms with Gasteiger partial charge in [-0.25, -0.2) is 4.39 Å². The first-order valence-electron chi connectivity index (χ1n) is 5.71. The van der Waals surface area contributed by atoms with Gasteiger partial charge < -0.3 is 5.11 Å². The molecule has 0 bridgehead atoms. The predicted octanol–water partition coefficient (Wildman–Crippen LogP) is 3.00. The molecule has 0 unspecified atom stereocenters. The third-order valence-electron chi connectivity index (χ3n) is 3.30. The van der Waals surface area contributed by atoms with E-state index < -0.39 is 5.60 Å². The van der Waals surface area contributed by atoms with Crippen LogP contribution in [-0.4, -0.2) is 16.5 Å². The van der Waals surface area contributed by atoms with Crippen LogP contribution in [0.5, 0.6) is 0 Å². The maximum atomic E-state index is 13.0. The van der Waals surface area contributed by atoms with Crippen LogP contribution in [0.1, 0.15) is 31.2 Å². The SMILES string of the molecule is O=C(Cc1ccc(F)c(Br)c1)C1(O)CCCC1. The summed E-state index contributed by atoms with van der Waals surface area (Å²) in [4.78, 5) is 12.0. The van der Waals surface area contributed by atoms with Crippen LogP contribution >= 0.6 is 15.9 Å². The summed E-state index contributed by atoms with van der Waals surface area (Å²) < 4.78 is 13.4. The first kappa shape index (κ1) is 12.7. The Bertz CT molecular complexity index is 439. The molecule has 0 spiro atoms. The molecule has 0 aliphatic heterocycles. The lowest BCUT2D eigenvalue weighted by atomic mass is 9.92. The molecule has 17 heavy (non-hydrogen) atoms. The van der Waals surface area contributed by atoms with E-state index in [9.17, 15) is 14.3 Å². The van der Waals surface area contributed by atoms with Gasteiger partial charge >= 0.3 is 0 Å². The average molecular weight is 301 g/mol. The number of hydrogen-bond donors (Lipinski definition) is 1. The summed E-state index contributed by atoms with van der Waals surface area (Å²) >= 11 is 3.08. The monoisotopic (exact) mass is 300 g/mol. The topological polar surface area (TPSA) is 37.3 Å². The van der Waals surface area contributed by atoms with Crippen molar-refractivity contribution < 1.29 is 14.3 Å². The van der Waals surface area contributed by atoms with E-state index in [4.69, 9.17) is 0 Å². The van der Waals surface area contributed by atoms with Crippen molar-refractivity contribution in [3.63, 3.8) is 0 Å². The van der Waals surface area contributed by atoms with Crippen LogP contribution in [-0.2, 0) is 11.2 Å². The van der Waals surface area contributed by atoms with E-state index in [2.05, 4.69) is 15.9 Å². The van der Waals surface area contributed by atoms with Gasteiger partial charge in [0.25, 0.3) is 0 Å². The molecule has 2 rings (SSSR count). The largest absolute Gasteiger partial charge is 0.382 e. The van der Waals surface area contributed by atoms with Gasteiger partial charge in [0, 0.05) is 6.42 Å². The molecule has 1 fully saturated rings. The predicted molar refractivity (Wildman–Crippen MR) is 66.2 cm³/mol. The van der Waals surface area contributed by atoms with Crippen molar-refractivity contribution in [3.05, 3.63) is 34.1 Å². The zero-order valence-corrected chi connectivity index (χ0v) is 11.0. The first-order valence-corrected chi connectivity index (χ1v) is 6.50. The van der Waals surface area contributed by atoms with Crippen molar-refractivity contribution in [1.82, 2.24) is 0 Å². The zero-order chi connectivity index (χ0) is 12.5. The molecule has 1 saturated carbocycles. The average Bonchev–Trinajstić information content (AvgIpc) is 2.72. The fourth-order valence-electron chi connectivity index (χ4n) is 2.24. The highest BCUT2D eigenvalue weighted by atomic mass is 79.9. The quantitative estimate of drug-likeness (QED) is 0.932. The summed E-state index contributed by atoms with van der Waals surface area (Å²) in [5.74, 6) is -0.505. The van der Waals surface area contributed by atoms with Crippen LogP contribution in [0.4, 0.5) is 4.39 Å². The number of hydrogen-bond acceptors (Lipinski definition) is 2. The number of Topliss-reactive ketones (excluding diaryl/α,β-unsaturated/α-hetero) is 1. The van der Waals surface area contributed by atoms with Gasteiger partial charge in [-0.15, -0.1) is 0 Å². The molecule has 0 heterocycles. The third kappa shape index (κ3) is 2.75. The number of carbonyl (C=O) groups excluding carboxylic acids is 1. The van der Waals surface area contributed by atoms with E-state index in [1.54, 1.807) is 12.1 Å². The summed E-state index contributed by atoms with van der Waals surface area (Å²) in [7, 11) is 0. The fraction of sp³-hybridized carbons (Fsp3) is 0.462. The van der Waals surface area contributed by atoms with Crippen molar-refractivity contribution in [1.29, 1.82) is 0 Å². The normalized spacial score (nSPS) is 18.3. The number of rotatable bonds is 3. The number of ketones is 1. The van der Waals surface area contributed by atoms with Crippen LogP contribution in [0.15, 0.2) is 22.7 Å². The van der Waals surface area contributed by atoms with Crippen LogP contribution in [0.2, 0.25) is 0 Å². The Morgan fingerprint density at radius 2 is 2.06 bits per heavy atom. The Morgan fingerprint density at radius 3 is 2.65 bits per heavy atom. The highest BCUT2D eigenvalue weighted by Crippen LogP contribution is 2.31. The lowest BCUT2D eigenvalue weighted by Crippen LogP contribution is -2.36. The molecule has 92 valence electrons. The summed E-state index contributed by atoms with van der Waals surface area (Å²) in [6, 6.07) is 4.49. The molecule has 1 aromatic carbocycles. The van der Waals surface area contributed by atoms with Crippen molar-refractivity contribution in [2.45, 2.75) is 37.7 Å². The zero-order valence-electron chi connectivity index (χ0n) is 9.38. The van der Waals surface area contributed by atoms with E-state index in [1.165, 1.54) is 6.07 Å². The Labute approximate surface area is 108 Å². The van der Waals surface area contributed by atoms with Gasteiger partial charge in [0.1, 0.15) is 11.4 Å². The summed E-state index contributed by atoms with van der Waals surface area (Å²) in [6.45, 7) is 0. The third-order valence-corrected chi connectivity index (χ3v) is 3.91.